The fourth-order valence-corrected chi connectivity index (χ4v) is 4.84. The van der Waals surface area contributed by atoms with Crippen molar-refractivity contribution in [3.63, 3.8) is 0 Å². The highest BCUT2D eigenvalue weighted by Crippen LogP contribution is 2.44. The highest BCUT2D eigenvalue weighted by molar-refractivity contribution is 5.92. The second kappa shape index (κ2) is 7.53. The minimum absolute atomic E-state index is 0.0578. The highest BCUT2D eigenvalue weighted by Gasteiger charge is 2.41. The van der Waals surface area contributed by atoms with E-state index < -0.39 is 6.09 Å². The lowest BCUT2D eigenvalue weighted by molar-refractivity contribution is -0.151. The Morgan fingerprint density at radius 3 is 2.61 bits per heavy atom. The number of carboxylic acid groups (broad SMARTS) is 1. The molecule has 4 N–H and O–H groups in total. The van der Waals surface area contributed by atoms with Crippen molar-refractivity contribution in [2.45, 2.75) is 65.0 Å². The van der Waals surface area contributed by atoms with Gasteiger partial charge in [-0.15, -0.1) is 0 Å². The Balaban J connectivity index is 1.80. The quantitative estimate of drug-likeness (QED) is 0.535. The van der Waals surface area contributed by atoms with Crippen molar-refractivity contribution in [3.05, 3.63) is 17.7 Å². The number of amides is 1. The highest BCUT2D eigenvalue weighted by atomic mass is 16.5. The summed E-state index contributed by atoms with van der Waals surface area (Å²) < 4.78 is 4.97. The Morgan fingerprint density at radius 1 is 1.29 bits per heavy atom. The number of nitrogens with zero attached hydrogens (tertiary/aromatic N) is 1. The molecule has 2 aliphatic rings. The average molecular weight is 389 g/mol. The second-order valence-corrected chi connectivity index (χ2v) is 8.75. The maximum Gasteiger partial charge on any atom is 0.412 e. The summed E-state index contributed by atoms with van der Waals surface area (Å²) in [6.45, 7) is 6.12. The van der Waals surface area contributed by atoms with Crippen LogP contribution in [0.5, 0.6) is 0 Å². The molecule has 0 unspecified atom stereocenters. The van der Waals surface area contributed by atoms with Gasteiger partial charge in [-0.05, 0) is 56.6 Å². The van der Waals surface area contributed by atoms with Gasteiger partial charge in [0.25, 0.3) is 0 Å². The number of nitrogen functional groups attached to an aromatic ring is 1. The molecule has 1 saturated carbocycles. The van der Waals surface area contributed by atoms with Gasteiger partial charge >= 0.3 is 12.1 Å². The van der Waals surface area contributed by atoms with Gasteiger partial charge in [0.2, 0.25) is 0 Å². The van der Waals surface area contributed by atoms with Crippen molar-refractivity contribution < 1.29 is 19.4 Å². The third kappa shape index (κ3) is 3.62. The monoisotopic (exact) mass is 389 g/mol. The summed E-state index contributed by atoms with van der Waals surface area (Å²) in [4.78, 5) is 25.1. The van der Waals surface area contributed by atoms with Crippen LogP contribution in [0, 0.1) is 11.3 Å². The average Bonchev–Trinajstić information content (AvgIpc) is 2.62. The van der Waals surface area contributed by atoms with Gasteiger partial charge in [0, 0.05) is 17.6 Å². The van der Waals surface area contributed by atoms with Crippen LogP contribution in [0.25, 0.3) is 0 Å². The summed E-state index contributed by atoms with van der Waals surface area (Å²) in [5.41, 5.74) is 9.32. The fraction of sp³-hybridized carbons (Fsp3) is 0.619. The Labute approximate surface area is 166 Å². The lowest BCUT2D eigenvalue weighted by Crippen LogP contribution is -2.42. The van der Waals surface area contributed by atoms with Crippen LogP contribution in [0.15, 0.2) is 12.1 Å². The number of hydrogen-bond donors (Lipinski definition) is 3. The van der Waals surface area contributed by atoms with Crippen molar-refractivity contribution in [1.82, 2.24) is 0 Å². The number of methoxy groups -OCH3 is 1. The van der Waals surface area contributed by atoms with E-state index in [1.807, 2.05) is 19.1 Å². The van der Waals surface area contributed by atoms with E-state index >= 15 is 0 Å². The molecule has 1 amide bonds. The van der Waals surface area contributed by atoms with Crippen LogP contribution in [0.4, 0.5) is 21.9 Å². The molecule has 28 heavy (non-hydrogen) atoms. The molecular formula is C21H31N3O4. The molecule has 7 heteroatoms. The van der Waals surface area contributed by atoms with E-state index in [1.165, 1.54) is 12.0 Å². The van der Waals surface area contributed by atoms with E-state index in [0.29, 0.717) is 11.4 Å². The van der Waals surface area contributed by atoms with E-state index in [0.717, 1.165) is 43.4 Å². The number of carbonyl (C=O) groups is 2. The maximum atomic E-state index is 12.1. The van der Waals surface area contributed by atoms with Gasteiger partial charge in [0.15, 0.2) is 0 Å². The first-order valence-corrected chi connectivity index (χ1v) is 9.93. The van der Waals surface area contributed by atoms with Crippen LogP contribution < -0.4 is 16.0 Å². The SMILES string of the molecule is COC(=O)[C@@H]1CC[C@H](Nc2ccc3c(c2N)CC[C@H](C)N3C(=O)O)CC1(C)C. The third-order valence-electron chi connectivity index (χ3n) is 6.42. The molecule has 154 valence electrons. The van der Waals surface area contributed by atoms with E-state index in [-0.39, 0.29) is 29.4 Å². The van der Waals surface area contributed by atoms with Crippen LogP contribution >= 0.6 is 0 Å². The molecule has 0 bridgehead atoms. The first-order valence-electron chi connectivity index (χ1n) is 9.93. The van der Waals surface area contributed by atoms with Gasteiger partial charge in [-0.25, -0.2) is 4.79 Å². The number of anilines is 3. The molecule has 7 nitrogen and oxygen atoms in total. The van der Waals surface area contributed by atoms with Crippen molar-refractivity contribution in [1.29, 1.82) is 0 Å². The van der Waals surface area contributed by atoms with Crippen LogP contribution in [-0.4, -0.2) is 36.4 Å². The van der Waals surface area contributed by atoms with Gasteiger partial charge in [-0.1, -0.05) is 13.8 Å². The molecule has 1 aliphatic carbocycles. The van der Waals surface area contributed by atoms with Crippen LogP contribution in [0.2, 0.25) is 0 Å². The smallest absolute Gasteiger partial charge is 0.412 e. The van der Waals surface area contributed by atoms with E-state index in [9.17, 15) is 14.7 Å². The number of fused-ring (bicyclic) bond motifs is 1. The van der Waals surface area contributed by atoms with Crippen molar-refractivity contribution in [3.8, 4) is 0 Å². The van der Waals surface area contributed by atoms with Gasteiger partial charge in [0.05, 0.1) is 30.1 Å². The van der Waals surface area contributed by atoms with E-state index in [2.05, 4.69) is 19.2 Å². The molecule has 3 rings (SSSR count). The summed E-state index contributed by atoms with van der Waals surface area (Å²) in [6.07, 6.45) is 3.04. The third-order valence-corrected chi connectivity index (χ3v) is 6.42. The largest absolute Gasteiger partial charge is 0.469 e. The molecule has 1 aromatic rings. The van der Waals surface area contributed by atoms with Crippen molar-refractivity contribution >= 4 is 29.1 Å². The van der Waals surface area contributed by atoms with Crippen LogP contribution in [-0.2, 0) is 16.0 Å². The molecule has 1 fully saturated rings. The normalized spacial score (nSPS) is 26.3. The molecule has 0 radical (unpaired) electrons. The summed E-state index contributed by atoms with van der Waals surface area (Å²) in [6, 6.07) is 3.87. The lowest BCUT2D eigenvalue weighted by Gasteiger charge is -2.41. The number of rotatable bonds is 3. The van der Waals surface area contributed by atoms with Crippen LogP contribution in [0.1, 0.15) is 52.0 Å². The van der Waals surface area contributed by atoms with Gasteiger partial charge in [-0.2, -0.15) is 0 Å². The molecule has 0 aromatic heterocycles. The van der Waals surface area contributed by atoms with Gasteiger partial charge in [-0.3, -0.25) is 9.69 Å². The topological polar surface area (TPSA) is 105 Å². The van der Waals surface area contributed by atoms with E-state index in [1.54, 1.807) is 0 Å². The van der Waals surface area contributed by atoms with Gasteiger partial charge < -0.3 is 20.9 Å². The second-order valence-electron chi connectivity index (χ2n) is 8.75. The number of nitrogens with two attached hydrogens (primary N) is 1. The number of ether oxygens (including phenoxy) is 1. The maximum absolute atomic E-state index is 12.1. The number of nitrogens with one attached hydrogen (secondary N) is 1. The minimum Gasteiger partial charge on any atom is -0.469 e. The zero-order chi connectivity index (χ0) is 20.6. The number of carbonyl (C=O) groups excluding carboxylic acids is 1. The Kier molecular flexibility index (Phi) is 5.46. The van der Waals surface area contributed by atoms with E-state index in [4.69, 9.17) is 10.5 Å². The predicted molar refractivity (Wildman–Crippen MR) is 110 cm³/mol. The Bertz CT molecular complexity index is 777. The molecule has 1 heterocycles. The first kappa shape index (κ1) is 20.3. The molecule has 0 saturated heterocycles. The number of benzene rings is 1. The summed E-state index contributed by atoms with van der Waals surface area (Å²) in [5.74, 6) is -0.235. The van der Waals surface area contributed by atoms with Gasteiger partial charge in [0.1, 0.15) is 0 Å². The summed E-state index contributed by atoms with van der Waals surface area (Å²) in [7, 11) is 1.44. The first-order chi connectivity index (χ1) is 13.2. The Hall–Kier alpha value is -2.44. The predicted octanol–water partition coefficient (Wildman–Crippen LogP) is 3.87. The summed E-state index contributed by atoms with van der Waals surface area (Å²) in [5, 5.41) is 13.1. The molecule has 0 spiro atoms. The minimum atomic E-state index is -0.948. The van der Waals surface area contributed by atoms with Crippen LogP contribution in [0.3, 0.4) is 0 Å². The molecule has 1 aromatic carbocycles. The lowest BCUT2D eigenvalue weighted by atomic mass is 9.67. The van der Waals surface area contributed by atoms with Crippen molar-refractivity contribution in [2.24, 2.45) is 11.3 Å². The molecular weight excluding hydrogens is 358 g/mol. The molecule has 3 atom stereocenters. The molecule has 1 aliphatic heterocycles. The zero-order valence-electron chi connectivity index (χ0n) is 17.1. The fourth-order valence-electron chi connectivity index (χ4n) is 4.84. The zero-order valence-corrected chi connectivity index (χ0v) is 17.1. The summed E-state index contributed by atoms with van der Waals surface area (Å²) >= 11 is 0. The number of esters is 1. The Morgan fingerprint density at radius 2 is 2.00 bits per heavy atom. The standard InChI is InChI=1S/C21H31N3O4/c1-12-5-7-14-17(24(12)20(26)27)10-9-16(18(14)22)23-13-6-8-15(19(25)28-4)21(2,3)11-13/h9-10,12-13,15,23H,5-8,11,22H2,1-4H3,(H,26,27)/t12-,13-,15-/m0/s1. The number of hydrogen-bond acceptors (Lipinski definition) is 5. The van der Waals surface area contributed by atoms with Crippen molar-refractivity contribution in [2.75, 3.05) is 23.1 Å².